The summed E-state index contributed by atoms with van der Waals surface area (Å²) >= 11 is 0. The van der Waals surface area contributed by atoms with Gasteiger partial charge in [-0.2, -0.15) is 0 Å². The first kappa shape index (κ1) is 14.5. The maximum absolute atomic E-state index is 10.9. The summed E-state index contributed by atoms with van der Waals surface area (Å²) in [6, 6.07) is 7.67. The molecule has 1 aromatic rings. The Balaban J connectivity index is 2.76. The first-order valence-electron chi connectivity index (χ1n) is 6.09. The molecule has 0 heterocycles. The van der Waals surface area contributed by atoms with E-state index in [0.29, 0.717) is 0 Å². The Kier molecular flexibility index (Phi) is 5.16. The Labute approximate surface area is 108 Å². The van der Waals surface area contributed by atoms with Gasteiger partial charge in [0, 0.05) is 17.6 Å². The summed E-state index contributed by atoms with van der Waals surface area (Å²) < 4.78 is 5.30. The van der Waals surface area contributed by atoms with Gasteiger partial charge in [0.25, 0.3) is 0 Å². The molecular weight excluding hydrogens is 230 g/mol. The Bertz CT molecular complexity index is 406. The summed E-state index contributed by atoms with van der Waals surface area (Å²) in [5.41, 5.74) is 1.03. The number of para-hydroxylation sites is 1. The van der Waals surface area contributed by atoms with Gasteiger partial charge in [0.05, 0.1) is 13.0 Å². The second-order valence-corrected chi connectivity index (χ2v) is 4.55. The minimum absolute atomic E-state index is 0.0398. The second-order valence-electron chi connectivity index (χ2n) is 4.55. The molecule has 1 aromatic carbocycles. The van der Waals surface area contributed by atoms with Gasteiger partial charge in [-0.25, -0.2) is 0 Å². The average Bonchev–Trinajstić information content (AvgIpc) is 2.37. The number of carbonyl (C=O) groups is 1. The molecule has 4 nitrogen and oxygen atoms in total. The monoisotopic (exact) mass is 251 g/mol. The largest absolute Gasteiger partial charge is 0.496 e. The van der Waals surface area contributed by atoms with Gasteiger partial charge in [-0.05, 0) is 19.9 Å². The molecule has 0 aromatic heterocycles. The fourth-order valence-electron chi connectivity index (χ4n) is 1.87. The molecule has 1 rings (SSSR count). The molecule has 0 radical (unpaired) electrons. The molecular formula is C14H21NO3. The molecule has 4 heteroatoms. The zero-order chi connectivity index (χ0) is 13.7. The fourth-order valence-corrected chi connectivity index (χ4v) is 1.87. The predicted molar refractivity (Wildman–Crippen MR) is 70.8 cm³/mol. The minimum atomic E-state index is -0.790. The van der Waals surface area contributed by atoms with Crippen LogP contribution in [0.2, 0.25) is 0 Å². The first-order chi connectivity index (χ1) is 8.47. The van der Waals surface area contributed by atoms with Crippen LogP contribution >= 0.6 is 0 Å². The highest BCUT2D eigenvalue weighted by Crippen LogP contribution is 2.25. The predicted octanol–water partition coefficient (Wildman–Crippen LogP) is 2.46. The Morgan fingerprint density at radius 3 is 2.44 bits per heavy atom. The van der Waals surface area contributed by atoms with Crippen molar-refractivity contribution in [2.45, 2.75) is 32.9 Å². The van der Waals surface area contributed by atoms with E-state index < -0.39 is 11.9 Å². The highest BCUT2D eigenvalue weighted by atomic mass is 16.5. The van der Waals surface area contributed by atoms with Crippen molar-refractivity contribution in [2.75, 3.05) is 7.11 Å². The van der Waals surface area contributed by atoms with Crippen LogP contribution in [-0.2, 0) is 4.79 Å². The molecule has 3 atom stereocenters. The van der Waals surface area contributed by atoms with E-state index in [2.05, 4.69) is 5.32 Å². The van der Waals surface area contributed by atoms with E-state index in [1.165, 1.54) is 0 Å². The van der Waals surface area contributed by atoms with Crippen molar-refractivity contribution >= 4 is 5.97 Å². The molecule has 0 aliphatic carbocycles. The van der Waals surface area contributed by atoms with Gasteiger partial charge in [0.15, 0.2) is 0 Å². The lowest BCUT2D eigenvalue weighted by Gasteiger charge is -2.24. The summed E-state index contributed by atoms with van der Waals surface area (Å²) in [6.07, 6.45) is 0. The number of carboxylic acids is 1. The van der Waals surface area contributed by atoms with Crippen LogP contribution in [-0.4, -0.2) is 24.2 Å². The Hall–Kier alpha value is -1.55. The maximum Gasteiger partial charge on any atom is 0.307 e. The highest BCUT2D eigenvalue weighted by molar-refractivity contribution is 5.70. The molecule has 0 saturated heterocycles. The maximum atomic E-state index is 10.9. The zero-order valence-electron chi connectivity index (χ0n) is 11.3. The van der Waals surface area contributed by atoms with E-state index >= 15 is 0 Å². The molecule has 0 aliphatic heterocycles. The summed E-state index contributed by atoms with van der Waals surface area (Å²) in [7, 11) is 1.63. The third kappa shape index (κ3) is 3.47. The lowest BCUT2D eigenvalue weighted by Crippen LogP contribution is -2.37. The molecule has 18 heavy (non-hydrogen) atoms. The van der Waals surface area contributed by atoms with Crippen molar-refractivity contribution < 1.29 is 14.6 Å². The summed E-state index contributed by atoms with van der Waals surface area (Å²) in [5, 5.41) is 12.3. The second kappa shape index (κ2) is 6.40. The SMILES string of the molecule is COc1ccccc1[C@@H](C)NC(C)C(C)C(=O)O. The van der Waals surface area contributed by atoms with Gasteiger partial charge in [-0.1, -0.05) is 25.1 Å². The van der Waals surface area contributed by atoms with Crippen molar-refractivity contribution in [1.82, 2.24) is 5.32 Å². The Morgan fingerprint density at radius 1 is 1.28 bits per heavy atom. The van der Waals surface area contributed by atoms with E-state index in [4.69, 9.17) is 9.84 Å². The molecule has 2 N–H and O–H groups in total. The lowest BCUT2D eigenvalue weighted by atomic mass is 10.0. The molecule has 0 saturated carbocycles. The van der Waals surface area contributed by atoms with Crippen LogP contribution in [0.1, 0.15) is 32.4 Å². The fraction of sp³-hybridized carbons (Fsp3) is 0.500. The molecule has 0 spiro atoms. The Morgan fingerprint density at radius 2 is 1.89 bits per heavy atom. The molecule has 0 bridgehead atoms. The summed E-state index contributed by atoms with van der Waals surface area (Å²) in [4.78, 5) is 10.9. The summed E-state index contributed by atoms with van der Waals surface area (Å²) in [6.45, 7) is 5.59. The van der Waals surface area contributed by atoms with Crippen LogP contribution in [0.25, 0.3) is 0 Å². The van der Waals surface area contributed by atoms with Crippen LogP contribution < -0.4 is 10.1 Å². The third-order valence-electron chi connectivity index (χ3n) is 3.26. The van der Waals surface area contributed by atoms with Crippen LogP contribution in [0.4, 0.5) is 0 Å². The van der Waals surface area contributed by atoms with Crippen LogP contribution in [0.5, 0.6) is 5.75 Å². The molecule has 0 fully saturated rings. The highest BCUT2D eigenvalue weighted by Gasteiger charge is 2.22. The van der Waals surface area contributed by atoms with Crippen molar-refractivity contribution in [2.24, 2.45) is 5.92 Å². The quantitative estimate of drug-likeness (QED) is 0.815. The summed E-state index contributed by atoms with van der Waals surface area (Å²) in [5.74, 6) is -0.405. The van der Waals surface area contributed by atoms with Crippen molar-refractivity contribution in [1.29, 1.82) is 0 Å². The number of rotatable bonds is 6. The van der Waals surface area contributed by atoms with E-state index in [9.17, 15) is 4.79 Å². The number of hydrogen-bond acceptors (Lipinski definition) is 3. The molecule has 100 valence electrons. The number of benzene rings is 1. The van der Waals surface area contributed by atoms with Crippen LogP contribution in [0.15, 0.2) is 24.3 Å². The van der Waals surface area contributed by atoms with Gasteiger partial charge in [-0.3, -0.25) is 4.79 Å². The lowest BCUT2D eigenvalue weighted by molar-refractivity contribution is -0.142. The third-order valence-corrected chi connectivity index (χ3v) is 3.26. The number of nitrogens with one attached hydrogen (secondary N) is 1. The number of hydrogen-bond donors (Lipinski definition) is 2. The van der Waals surface area contributed by atoms with E-state index in [-0.39, 0.29) is 12.1 Å². The van der Waals surface area contributed by atoms with Gasteiger partial charge in [0.2, 0.25) is 0 Å². The van der Waals surface area contributed by atoms with Gasteiger partial charge in [0.1, 0.15) is 5.75 Å². The molecule has 0 aliphatic rings. The standard InChI is InChI=1S/C14H21NO3/c1-9(14(16)17)10(2)15-11(3)12-7-5-6-8-13(12)18-4/h5-11,15H,1-4H3,(H,16,17)/t9?,10?,11-/m1/s1. The van der Waals surface area contributed by atoms with Crippen molar-refractivity contribution in [3.63, 3.8) is 0 Å². The first-order valence-corrected chi connectivity index (χ1v) is 6.09. The molecule has 2 unspecified atom stereocenters. The number of aliphatic carboxylic acids is 1. The minimum Gasteiger partial charge on any atom is -0.496 e. The van der Waals surface area contributed by atoms with Gasteiger partial charge in [-0.15, -0.1) is 0 Å². The molecule has 0 amide bonds. The normalized spacial score (nSPS) is 15.8. The smallest absolute Gasteiger partial charge is 0.307 e. The van der Waals surface area contributed by atoms with Gasteiger partial charge < -0.3 is 15.2 Å². The zero-order valence-corrected chi connectivity index (χ0v) is 11.3. The van der Waals surface area contributed by atoms with E-state index in [1.807, 2.05) is 38.1 Å². The van der Waals surface area contributed by atoms with E-state index in [1.54, 1.807) is 14.0 Å². The average molecular weight is 251 g/mol. The van der Waals surface area contributed by atoms with Crippen molar-refractivity contribution in [3.05, 3.63) is 29.8 Å². The topological polar surface area (TPSA) is 58.6 Å². The van der Waals surface area contributed by atoms with Crippen LogP contribution in [0.3, 0.4) is 0 Å². The van der Waals surface area contributed by atoms with Gasteiger partial charge >= 0.3 is 5.97 Å². The van der Waals surface area contributed by atoms with Crippen LogP contribution in [0, 0.1) is 5.92 Å². The number of ether oxygens (including phenoxy) is 1. The number of methoxy groups -OCH3 is 1. The van der Waals surface area contributed by atoms with E-state index in [0.717, 1.165) is 11.3 Å². The number of carboxylic acid groups (broad SMARTS) is 1. The van der Waals surface area contributed by atoms with Crippen molar-refractivity contribution in [3.8, 4) is 5.75 Å².